The highest BCUT2D eigenvalue weighted by Crippen LogP contribution is 2.40. The molecule has 8 heteroatoms. The van der Waals surface area contributed by atoms with Gasteiger partial charge in [-0.05, 0) is 94.9 Å². The number of rotatable bonds is 13. The van der Waals surface area contributed by atoms with Gasteiger partial charge in [0.05, 0.1) is 11.7 Å². The molecule has 1 heterocycles. The van der Waals surface area contributed by atoms with E-state index in [1.54, 1.807) is 14.2 Å². The summed E-state index contributed by atoms with van der Waals surface area (Å²) in [6.07, 6.45) is 9.94. The summed E-state index contributed by atoms with van der Waals surface area (Å²) in [6.45, 7) is 2.66. The lowest BCUT2D eigenvalue weighted by atomic mass is 9.74. The van der Waals surface area contributed by atoms with Crippen LogP contribution in [0.25, 0.3) is 0 Å². The van der Waals surface area contributed by atoms with Crippen LogP contribution in [0, 0.1) is 11.8 Å². The molecule has 2 fully saturated rings. The number of carbonyl (C=O) groups excluding carboxylic acids is 1. The number of nitrogens with zero attached hydrogens (tertiary/aromatic N) is 1. The van der Waals surface area contributed by atoms with Gasteiger partial charge >= 0.3 is 6.03 Å². The molecule has 37 heavy (non-hydrogen) atoms. The second-order valence-corrected chi connectivity index (χ2v) is 11.4. The minimum absolute atomic E-state index is 0.0247. The summed E-state index contributed by atoms with van der Waals surface area (Å²) in [5.74, 6) is 0.555. The molecular formula is C29H48ClN3O4. The minimum atomic E-state index is -1.04. The quantitative estimate of drug-likeness (QED) is 0.310. The molecule has 3 atom stereocenters. The van der Waals surface area contributed by atoms with Gasteiger partial charge < -0.3 is 30.1 Å². The molecule has 0 bridgehead atoms. The van der Waals surface area contributed by atoms with E-state index < -0.39 is 5.60 Å². The van der Waals surface area contributed by atoms with Crippen LogP contribution in [0.2, 0.25) is 5.02 Å². The van der Waals surface area contributed by atoms with Crippen LogP contribution in [0.3, 0.4) is 0 Å². The smallest absolute Gasteiger partial charge is 0.317 e. The number of nitrogens with one attached hydrogen (secondary N) is 2. The van der Waals surface area contributed by atoms with Crippen LogP contribution in [0.15, 0.2) is 24.3 Å². The molecule has 1 aromatic rings. The van der Waals surface area contributed by atoms with Gasteiger partial charge in [-0.1, -0.05) is 23.7 Å². The standard InChI is InChI=1S/C29H48ClN3O4/c1-31-20-26(18-22-11-13-27(37-3)14-12-22)32-28(34)33-16-7-9-24(21-33)29(35,15-4-5-17-36-2)23-8-6-10-25(30)19-23/h6,8,10,19,22,24,26-27,31,35H,4-5,7,9,11-18,20-21H2,1-3H3,(H,32,34)/t22?,24-,26+,27?,29-/m1/s1. The molecule has 0 unspecified atom stereocenters. The van der Waals surface area contributed by atoms with Crippen molar-refractivity contribution in [2.45, 2.75) is 82.0 Å². The van der Waals surface area contributed by atoms with Crippen molar-refractivity contribution in [3.05, 3.63) is 34.9 Å². The Kier molecular flexibility index (Phi) is 12.5. The lowest BCUT2D eigenvalue weighted by molar-refractivity contribution is -0.0564. The van der Waals surface area contributed by atoms with Gasteiger partial charge in [0.15, 0.2) is 0 Å². The summed E-state index contributed by atoms with van der Waals surface area (Å²) in [7, 11) is 5.44. The highest BCUT2D eigenvalue weighted by atomic mass is 35.5. The first-order valence-corrected chi connectivity index (χ1v) is 14.5. The normalized spacial score (nSPS) is 24.9. The fraction of sp³-hybridized carbons (Fsp3) is 0.759. The Morgan fingerprint density at radius 1 is 1.22 bits per heavy atom. The van der Waals surface area contributed by atoms with Gasteiger partial charge in [0.1, 0.15) is 0 Å². The Labute approximate surface area is 228 Å². The molecule has 7 nitrogen and oxygen atoms in total. The van der Waals surface area contributed by atoms with Crippen LogP contribution in [0.5, 0.6) is 0 Å². The molecule has 0 radical (unpaired) electrons. The summed E-state index contributed by atoms with van der Waals surface area (Å²) in [5.41, 5.74) is -0.202. The molecule has 210 valence electrons. The Hall–Kier alpha value is -1.38. The molecule has 0 aromatic heterocycles. The fourth-order valence-electron chi connectivity index (χ4n) is 6.25. The van der Waals surface area contributed by atoms with E-state index in [0.717, 1.165) is 69.9 Å². The van der Waals surface area contributed by atoms with E-state index in [4.69, 9.17) is 21.1 Å². The van der Waals surface area contributed by atoms with Gasteiger partial charge in [0, 0.05) is 57.4 Å². The number of aliphatic hydroxyl groups is 1. The third kappa shape index (κ3) is 8.82. The van der Waals surface area contributed by atoms with Crippen LogP contribution < -0.4 is 10.6 Å². The average molecular weight is 538 g/mol. The number of methoxy groups -OCH3 is 2. The summed E-state index contributed by atoms with van der Waals surface area (Å²) in [6, 6.07) is 7.63. The maximum Gasteiger partial charge on any atom is 0.317 e. The van der Waals surface area contributed by atoms with E-state index in [0.29, 0.717) is 43.2 Å². The average Bonchev–Trinajstić information content (AvgIpc) is 2.91. The second-order valence-electron chi connectivity index (χ2n) is 11.0. The zero-order chi connectivity index (χ0) is 26.7. The molecule has 1 saturated carbocycles. The van der Waals surface area contributed by atoms with Gasteiger partial charge in [-0.2, -0.15) is 0 Å². The van der Waals surface area contributed by atoms with Crippen LogP contribution in [-0.4, -0.2) is 75.7 Å². The van der Waals surface area contributed by atoms with Crippen molar-refractivity contribution in [3.8, 4) is 0 Å². The third-order valence-electron chi connectivity index (χ3n) is 8.39. The molecule has 3 N–H and O–H groups in total. The predicted molar refractivity (Wildman–Crippen MR) is 149 cm³/mol. The van der Waals surface area contributed by atoms with Crippen LogP contribution in [-0.2, 0) is 15.1 Å². The first-order chi connectivity index (χ1) is 17.9. The van der Waals surface area contributed by atoms with Gasteiger partial charge in [-0.25, -0.2) is 4.79 Å². The van der Waals surface area contributed by atoms with Gasteiger partial charge in [-0.15, -0.1) is 0 Å². The molecule has 1 aliphatic heterocycles. The lowest BCUT2D eigenvalue weighted by Gasteiger charge is -2.43. The van der Waals surface area contributed by atoms with Crippen molar-refractivity contribution in [1.29, 1.82) is 0 Å². The summed E-state index contributed by atoms with van der Waals surface area (Å²) in [4.78, 5) is 15.3. The van der Waals surface area contributed by atoms with Crippen molar-refractivity contribution in [1.82, 2.24) is 15.5 Å². The molecule has 3 rings (SSSR count). The van der Waals surface area contributed by atoms with E-state index in [9.17, 15) is 9.90 Å². The van der Waals surface area contributed by atoms with Crippen molar-refractivity contribution < 1.29 is 19.4 Å². The second kappa shape index (κ2) is 15.3. The molecule has 2 amide bonds. The van der Waals surface area contributed by atoms with Crippen LogP contribution in [0.1, 0.15) is 69.8 Å². The number of carbonyl (C=O) groups is 1. The Morgan fingerprint density at radius 3 is 2.68 bits per heavy atom. The number of amides is 2. The molecule has 1 aromatic carbocycles. The number of likely N-dealkylation sites (tertiary alicyclic amines) is 1. The number of ether oxygens (including phenoxy) is 2. The lowest BCUT2D eigenvalue weighted by Crippen LogP contribution is -2.54. The van der Waals surface area contributed by atoms with Crippen LogP contribution >= 0.6 is 11.6 Å². The van der Waals surface area contributed by atoms with Crippen LogP contribution in [0.4, 0.5) is 4.79 Å². The molecule has 1 saturated heterocycles. The van der Waals surface area contributed by atoms with E-state index >= 15 is 0 Å². The highest BCUT2D eigenvalue weighted by Gasteiger charge is 2.41. The highest BCUT2D eigenvalue weighted by molar-refractivity contribution is 6.30. The van der Waals surface area contributed by atoms with Gasteiger partial charge in [0.25, 0.3) is 0 Å². The molecule has 2 aliphatic rings. The summed E-state index contributed by atoms with van der Waals surface area (Å²) in [5, 5.41) is 19.3. The monoisotopic (exact) mass is 537 g/mol. The van der Waals surface area contributed by atoms with Crippen molar-refractivity contribution in [2.24, 2.45) is 11.8 Å². The first kappa shape index (κ1) is 30.2. The number of likely N-dealkylation sites (N-methyl/N-ethyl adjacent to an activating group) is 1. The maximum absolute atomic E-state index is 13.4. The zero-order valence-corrected chi connectivity index (χ0v) is 23.8. The van der Waals surface area contributed by atoms with E-state index in [1.807, 2.05) is 36.2 Å². The SMILES string of the molecule is CNC[C@H](CC1CCC(OC)CC1)NC(=O)N1CCC[C@@H]([C@@](O)(CCCCOC)c2cccc(Cl)c2)C1. The predicted octanol–water partition coefficient (Wildman–Crippen LogP) is 4.95. The number of halogens is 1. The molecular weight excluding hydrogens is 490 g/mol. The Morgan fingerprint density at radius 2 is 2.00 bits per heavy atom. The molecule has 1 aliphatic carbocycles. The fourth-order valence-corrected chi connectivity index (χ4v) is 6.44. The molecule has 0 spiro atoms. The van der Waals surface area contributed by atoms with Gasteiger partial charge in [-0.3, -0.25) is 0 Å². The first-order valence-electron chi connectivity index (χ1n) is 14.1. The van der Waals surface area contributed by atoms with Gasteiger partial charge in [0.2, 0.25) is 0 Å². The summed E-state index contributed by atoms with van der Waals surface area (Å²) < 4.78 is 10.7. The maximum atomic E-state index is 13.4. The number of benzene rings is 1. The Bertz CT molecular complexity index is 820. The zero-order valence-electron chi connectivity index (χ0n) is 23.0. The summed E-state index contributed by atoms with van der Waals surface area (Å²) >= 11 is 6.32. The number of urea groups is 1. The largest absolute Gasteiger partial charge is 0.385 e. The topological polar surface area (TPSA) is 83.1 Å². The van der Waals surface area contributed by atoms with E-state index in [1.165, 1.54) is 0 Å². The van der Waals surface area contributed by atoms with Crippen molar-refractivity contribution in [2.75, 3.05) is 47.5 Å². The number of hydrogen-bond donors (Lipinski definition) is 3. The number of hydrogen-bond acceptors (Lipinski definition) is 5. The number of piperidine rings is 1. The Balaban J connectivity index is 1.65. The van der Waals surface area contributed by atoms with E-state index in [2.05, 4.69) is 10.6 Å². The number of unbranched alkanes of at least 4 members (excludes halogenated alkanes) is 1. The third-order valence-corrected chi connectivity index (χ3v) is 8.62. The van der Waals surface area contributed by atoms with Crippen molar-refractivity contribution in [3.63, 3.8) is 0 Å². The van der Waals surface area contributed by atoms with E-state index in [-0.39, 0.29) is 18.0 Å². The van der Waals surface area contributed by atoms with Crippen molar-refractivity contribution >= 4 is 17.6 Å². The minimum Gasteiger partial charge on any atom is -0.385 e.